The van der Waals surface area contributed by atoms with Gasteiger partial charge in [0.15, 0.2) is 0 Å². The second-order valence-corrected chi connectivity index (χ2v) is 7.00. The highest BCUT2D eigenvalue weighted by molar-refractivity contribution is 5.26. The maximum Gasteiger partial charge on any atom is -0.0224 e. The normalized spacial score (nSPS) is 12.9. The van der Waals surface area contributed by atoms with Crippen LogP contribution in [0, 0.1) is 17.8 Å². The van der Waals surface area contributed by atoms with Crippen molar-refractivity contribution in [3.8, 4) is 0 Å². The summed E-state index contributed by atoms with van der Waals surface area (Å²) >= 11 is 0. The number of aryl methyl sites for hydroxylation is 1. The van der Waals surface area contributed by atoms with Crippen molar-refractivity contribution in [1.29, 1.82) is 0 Å². The molecule has 0 unspecified atom stereocenters. The predicted octanol–water partition coefficient (Wildman–Crippen LogP) is 5.00. The molecule has 0 saturated carbocycles. The third kappa shape index (κ3) is 4.38. The average Bonchev–Trinajstić information content (AvgIpc) is 2.04. The smallest absolute Gasteiger partial charge is 0.0224 e. The first-order valence-corrected chi connectivity index (χ1v) is 6.24. The average molecular weight is 218 g/mol. The van der Waals surface area contributed by atoms with Crippen LogP contribution in [0.5, 0.6) is 0 Å². The summed E-state index contributed by atoms with van der Waals surface area (Å²) in [5.74, 6) is 0. The molecule has 0 saturated heterocycles. The molecule has 0 radical (unpaired) electrons. The minimum absolute atomic E-state index is 0.379. The molecule has 0 bridgehead atoms. The maximum absolute atomic E-state index is 2.38. The third-order valence-corrected chi connectivity index (χ3v) is 2.94. The molecule has 0 amide bonds. The Labute approximate surface area is 101 Å². The Bertz CT molecular complexity index is 339. The van der Waals surface area contributed by atoms with Gasteiger partial charge in [0, 0.05) is 0 Å². The van der Waals surface area contributed by atoms with Gasteiger partial charge in [-0.1, -0.05) is 58.9 Å². The van der Waals surface area contributed by atoms with Crippen LogP contribution in [0.3, 0.4) is 0 Å². The SMILES string of the molecule is Cc1ccccc1CC(C)(C)CC(C)(C)C. The van der Waals surface area contributed by atoms with Crippen LogP contribution in [0.1, 0.15) is 52.2 Å². The predicted molar refractivity (Wildman–Crippen MR) is 72.7 cm³/mol. The van der Waals surface area contributed by atoms with Crippen LogP contribution in [0.15, 0.2) is 24.3 Å². The summed E-state index contributed by atoms with van der Waals surface area (Å²) in [6, 6.07) is 8.74. The zero-order chi connectivity index (χ0) is 12.4. The van der Waals surface area contributed by atoms with Gasteiger partial charge in [0.1, 0.15) is 0 Å². The van der Waals surface area contributed by atoms with Crippen molar-refractivity contribution in [2.24, 2.45) is 10.8 Å². The molecule has 0 heteroatoms. The molecule has 0 N–H and O–H groups in total. The molecule has 1 rings (SSSR count). The summed E-state index contributed by atoms with van der Waals surface area (Å²) in [4.78, 5) is 0. The van der Waals surface area contributed by atoms with Crippen LogP contribution in [-0.2, 0) is 6.42 Å². The molecular formula is C16H26. The maximum atomic E-state index is 2.38. The van der Waals surface area contributed by atoms with E-state index in [4.69, 9.17) is 0 Å². The topological polar surface area (TPSA) is 0 Å². The van der Waals surface area contributed by atoms with E-state index in [1.165, 1.54) is 24.0 Å². The zero-order valence-corrected chi connectivity index (χ0v) is 11.7. The van der Waals surface area contributed by atoms with Crippen molar-refractivity contribution in [3.05, 3.63) is 35.4 Å². The zero-order valence-electron chi connectivity index (χ0n) is 11.7. The van der Waals surface area contributed by atoms with Gasteiger partial charge in [0.05, 0.1) is 0 Å². The lowest BCUT2D eigenvalue weighted by Crippen LogP contribution is -2.23. The number of hydrogen-bond acceptors (Lipinski definition) is 0. The third-order valence-electron chi connectivity index (χ3n) is 2.94. The molecule has 0 atom stereocenters. The lowest BCUT2D eigenvalue weighted by atomic mass is 9.73. The van der Waals surface area contributed by atoms with Crippen LogP contribution < -0.4 is 0 Å². The van der Waals surface area contributed by atoms with Crippen LogP contribution in [-0.4, -0.2) is 0 Å². The van der Waals surface area contributed by atoms with E-state index >= 15 is 0 Å². The minimum Gasteiger partial charge on any atom is -0.0620 e. The van der Waals surface area contributed by atoms with Gasteiger partial charge in [-0.3, -0.25) is 0 Å². The van der Waals surface area contributed by atoms with E-state index in [2.05, 4.69) is 65.8 Å². The van der Waals surface area contributed by atoms with Crippen molar-refractivity contribution in [2.45, 2.75) is 54.4 Å². The van der Waals surface area contributed by atoms with E-state index in [1.54, 1.807) is 0 Å². The molecule has 0 nitrogen and oxygen atoms in total. The van der Waals surface area contributed by atoms with Crippen LogP contribution in [0.2, 0.25) is 0 Å². The number of rotatable bonds is 3. The summed E-state index contributed by atoms with van der Waals surface area (Å²) in [6.45, 7) is 13.9. The molecule has 1 aromatic rings. The monoisotopic (exact) mass is 218 g/mol. The van der Waals surface area contributed by atoms with Crippen molar-refractivity contribution in [2.75, 3.05) is 0 Å². The Morgan fingerprint density at radius 1 is 0.938 bits per heavy atom. The standard InChI is InChI=1S/C16H26/c1-13-9-7-8-10-14(13)11-16(5,6)12-15(2,3)4/h7-10H,11-12H2,1-6H3. The van der Waals surface area contributed by atoms with Gasteiger partial charge in [-0.05, 0) is 41.7 Å². The fraction of sp³-hybridized carbons (Fsp3) is 0.625. The summed E-state index contributed by atoms with van der Waals surface area (Å²) in [7, 11) is 0. The van der Waals surface area contributed by atoms with Crippen LogP contribution >= 0.6 is 0 Å². The molecule has 16 heavy (non-hydrogen) atoms. The first kappa shape index (κ1) is 13.3. The summed E-state index contributed by atoms with van der Waals surface area (Å²) in [6.07, 6.45) is 2.44. The van der Waals surface area contributed by atoms with Gasteiger partial charge >= 0.3 is 0 Å². The minimum atomic E-state index is 0.379. The molecule has 0 heterocycles. The van der Waals surface area contributed by atoms with Gasteiger partial charge in [0.2, 0.25) is 0 Å². The molecular weight excluding hydrogens is 192 g/mol. The molecule has 0 aliphatic carbocycles. The second kappa shape index (κ2) is 4.61. The highest BCUT2D eigenvalue weighted by Gasteiger charge is 2.25. The van der Waals surface area contributed by atoms with Gasteiger partial charge < -0.3 is 0 Å². The van der Waals surface area contributed by atoms with Gasteiger partial charge in [-0.15, -0.1) is 0 Å². The second-order valence-electron chi connectivity index (χ2n) is 7.00. The Hall–Kier alpha value is -0.780. The van der Waals surface area contributed by atoms with E-state index < -0.39 is 0 Å². The van der Waals surface area contributed by atoms with E-state index in [0.717, 1.165) is 0 Å². The Kier molecular flexibility index (Phi) is 3.83. The van der Waals surface area contributed by atoms with Gasteiger partial charge in [-0.25, -0.2) is 0 Å². The molecule has 0 fully saturated rings. The number of benzene rings is 1. The molecule has 0 spiro atoms. The lowest BCUT2D eigenvalue weighted by molar-refractivity contribution is 0.211. The van der Waals surface area contributed by atoms with Gasteiger partial charge in [0.25, 0.3) is 0 Å². The fourth-order valence-electron chi connectivity index (χ4n) is 2.82. The van der Waals surface area contributed by atoms with E-state index in [0.29, 0.717) is 10.8 Å². The van der Waals surface area contributed by atoms with E-state index in [1.807, 2.05) is 0 Å². The quantitative estimate of drug-likeness (QED) is 0.669. The number of hydrogen-bond donors (Lipinski definition) is 0. The molecule has 90 valence electrons. The van der Waals surface area contributed by atoms with Crippen molar-refractivity contribution < 1.29 is 0 Å². The van der Waals surface area contributed by atoms with Crippen LogP contribution in [0.25, 0.3) is 0 Å². The van der Waals surface area contributed by atoms with Crippen molar-refractivity contribution >= 4 is 0 Å². The van der Waals surface area contributed by atoms with E-state index in [9.17, 15) is 0 Å². The van der Waals surface area contributed by atoms with E-state index in [-0.39, 0.29) is 0 Å². The first-order valence-electron chi connectivity index (χ1n) is 6.24. The Morgan fingerprint density at radius 3 is 2.00 bits per heavy atom. The Balaban J connectivity index is 2.77. The highest BCUT2D eigenvalue weighted by Crippen LogP contribution is 2.36. The summed E-state index contributed by atoms with van der Waals surface area (Å²) in [5, 5.41) is 0. The lowest BCUT2D eigenvalue weighted by Gasteiger charge is -2.33. The molecule has 1 aromatic carbocycles. The highest BCUT2D eigenvalue weighted by atomic mass is 14.3. The summed E-state index contributed by atoms with van der Waals surface area (Å²) in [5.41, 5.74) is 3.71. The molecule has 0 aliphatic heterocycles. The van der Waals surface area contributed by atoms with Crippen molar-refractivity contribution in [3.63, 3.8) is 0 Å². The molecule has 0 aliphatic rings. The van der Waals surface area contributed by atoms with Crippen molar-refractivity contribution in [1.82, 2.24) is 0 Å². The van der Waals surface area contributed by atoms with Gasteiger partial charge in [-0.2, -0.15) is 0 Å². The fourth-order valence-corrected chi connectivity index (χ4v) is 2.82. The Morgan fingerprint density at radius 2 is 1.50 bits per heavy atom. The molecule has 0 aromatic heterocycles. The largest absolute Gasteiger partial charge is 0.0620 e. The first-order chi connectivity index (χ1) is 7.20. The van der Waals surface area contributed by atoms with Crippen LogP contribution in [0.4, 0.5) is 0 Å². The summed E-state index contributed by atoms with van der Waals surface area (Å²) < 4.78 is 0.